The number of aromatic hydroxyl groups is 1. The Morgan fingerprint density at radius 2 is 1.78 bits per heavy atom. The standard InChI is InChI=1S/C17H15F3O3/c1-2-15(21)23-10-12-4-3-5-14(16(12)22)11-6-8-13(9-7-11)17(18,19)20/h3-9,22H,2,10H2,1H3. The van der Waals surface area contributed by atoms with Crippen molar-refractivity contribution >= 4 is 5.97 Å². The minimum Gasteiger partial charge on any atom is -0.507 e. The van der Waals surface area contributed by atoms with Gasteiger partial charge in [-0.15, -0.1) is 0 Å². The number of para-hydroxylation sites is 1. The van der Waals surface area contributed by atoms with Crippen LogP contribution in [0.3, 0.4) is 0 Å². The highest BCUT2D eigenvalue weighted by Gasteiger charge is 2.30. The van der Waals surface area contributed by atoms with Crippen LogP contribution in [0, 0.1) is 0 Å². The van der Waals surface area contributed by atoms with Crippen molar-refractivity contribution in [2.24, 2.45) is 0 Å². The molecular weight excluding hydrogens is 309 g/mol. The van der Waals surface area contributed by atoms with E-state index in [0.29, 0.717) is 16.7 Å². The highest BCUT2D eigenvalue weighted by Crippen LogP contribution is 2.35. The van der Waals surface area contributed by atoms with Gasteiger partial charge in [-0.05, 0) is 17.7 Å². The Balaban J connectivity index is 2.28. The van der Waals surface area contributed by atoms with E-state index in [0.717, 1.165) is 12.1 Å². The number of alkyl halides is 3. The summed E-state index contributed by atoms with van der Waals surface area (Å²) in [5.74, 6) is -0.513. The van der Waals surface area contributed by atoms with Gasteiger partial charge in [0, 0.05) is 17.5 Å². The number of esters is 1. The molecule has 0 aliphatic carbocycles. The van der Waals surface area contributed by atoms with Gasteiger partial charge in [-0.3, -0.25) is 4.79 Å². The third kappa shape index (κ3) is 4.03. The predicted octanol–water partition coefficient (Wildman–Crippen LogP) is 4.53. The van der Waals surface area contributed by atoms with Crippen molar-refractivity contribution < 1.29 is 27.8 Å². The van der Waals surface area contributed by atoms with Crippen LogP contribution in [0.25, 0.3) is 11.1 Å². The van der Waals surface area contributed by atoms with E-state index in [1.54, 1.807) is 25.1 Å². The fourth-order valence-electron chi connectivity index (χ4n) is 2.04. The summed E-state index contributed by atoms with van der Waals surface area (Å²) in [4.78, 5) is 11.2. The molecule has 6 heteroatoms. The lowest BCUT2D eigenvalue weighted by Crippen LogP contribution is -2.04. The number of halogens is 3. The van der Waals surface area contributed by atoms with E-state index >= 15 is 0 Å². The molecule has 2 aromatic carbocycles. The summed E-state index contributed by atoms with van der Waals surface area (Å²) in [7, 11) is 0. The molecular formula is C17H15F3O3. The molecule has 1 N–H and O–H groups in total. The zero-order valence-corrected chi connectivity index (χ0v) is 12.4. The molecule has 0 aliphatic heterocycles. The normalized spacial score (nSPS) is 11.3. The molecule has 0 heterocycles. The maximum atomic E-state index is 12.6. The monoisotopic (exact) mass is 324 g/mol. The minimum absolute atomic E-state index is 0.0903. The van der Waals surface area contributed by atoms with E-state index in [9.17, 15) is 23.1 Å². The second kappa shape index (κ2) is 6.73. The Labute approximate surface area is 131 Å². The first kappa shape index (κ1) is 16.9. The minimum atomic E-state index is -4.41. The molecule has 0 spiro atoms. The summed E-state index contributed by atoms with van der Waals surface area (Å²) in [6.07, 6.45) is -4.18. The number of hydrogen-bond acceptors (Lipinski definition) is 3. The lowest BCUT2D eigenvalue weighted by Gasteiger charge is -2.12. The van der Waals surface area contributed by atoms with Crippen molar-refractivity contribution in [3.05, 3.63) is 53.6 Å². The molecule has 0 unspecified atom stereocenters. The summed E-state index contributed by atoms with van der Waals surface area (Å²) < 4.78 is 42.7. The fraction of sp³-hybridized carbons (Fsp3) is 0.235. The summed E-state index contributed by atoms with van der Waals surface area (Å²) >= 11 is 0. The van der Waals surface area contributed by atoms with Gasteiger partial charge >= 0.3 is 12.1 Å². The van der Waals surface area contributed by atoms with Gasteiger partial charge in [-0.25, -0.2) is 0 Å². The van der Waals surface area contributed by atoms with Crippen molar-refractivity contribution in [3.8, 4) is 16.9 Å². The van der Waals surface area contributed by atoms with Crippen LogP contribution in [0.1, 0.15) is 24.5 Å². The molecule has 23 heavy (non-hydrogen) atoms. The van der Waals surface area contributed by atoms with E-state index in [1.807, 2.05) is 0 Å². The first-order valence-electron chi connectivity index (χ1n) is 6.97. The van der Waals surface area contributed by atoms with Crippen LogP contribution in [0.4, 0.5) is 13.2 Å². The largest absolute Gasteiger partial charge is 0.507 e. The van der Waals surface area contributed by atoms with Crippen LogP contribution in [-0.4, -0.2) is 11.1 Å². The number of hydrogen-bond donors (Lipinski definition) is 1. The van der Waals surface area contributed by atoms with E-state index in [2.05, 4.69) is 0 Å². The van der Waals surface area contributed by atoms with Crippen LogP contribution in [0.15, 0.2) is 42.5 Å². The Bertz CT molecular complexity index is 691. The molecule has 0 saturated heterocycles. The zero-order valence-electron chi connectivity index (χ0n) is 12.4. The molecule has 2 rings (SSSR count). The Morgan fingerprint density at radius 1 is 1.13 bits per heavy atom. The number of carbonyl (C=O) groups is 1. The van der Waals surface area contributed by atoms with Crippen molar-refractivity contribution in [3.63, 3.8) is 0 Å². The van der Waals surface area contributed by atoms with Gasteiger partial charge in [0.1, 0.15) is 12.4 Å². The Morgan fingerprint density at radius 3 is 2.35 bits per heavy atom. The maximum absolute atomic E-state index is 12.6. The molecule has 0 radical (unpaired) electrons. The van der Waals surface area contributed by atoms with E-state index in [-0.39, 0.29) is 18.8 Å². The number of ether oxygens (including phenoxy) is 1. The zero-order chi connectivity index (χ0) is 17.0. The maximum Gasteiger partial charge on any atom is 0.416 e. The van der Waals surface area contributed by atoms with E-state index in [1.165, 1.54) is 12.1 Å². The number of rotatable bonds is 4. The number of phenolic OH excluding ortho intramolecular Hbond substituents is 1. The molecule has 0 amide bonds. The summed E-state index contributed by atoms with van der Waals surface area (Å²) in [6, 6.07) is 9.31. The van der Waals surface area contributed by atoms with Gasteiger partial charge in [-0.1, -0.05) is 37.3 Å². The molecule has 0 bridgehead atoms. The first-order valence-corrected chi connectivity index (χ1v) is 6.97. The Hall–Kier alpha value is -2.50. The summed E-state index contributed by atoms with van der Waals surface area (Å²) in [5.41, 5.74) is 0.459. The van der Waals surface area contributed by atoms with Gasteiger partial charge < -0.3 is 9.84 Å². The average Bonchev–Trinajstić information content (AvgIpc) is 2.53. The molecule has 3 nitrogen and oxygen atoms in total. The number of benzene rings is 2. The lowest BCUT2D eigenvalue weighted by atomic mass is 10.0. The molecule has 0 saturated carbocycles. The van der Waals surface area contributed by atoms with Crippen LogP contribution in [-0.2, 0) is 22.3 Å². The predicted molar refractivity (Wildman–Crippen MR) is 78.6 cm³/mol. The SMILES string of the molecule is CCC(=O)OCc1cccc(-c2ccc(C(F)(F)F)cc2)c1O. The quantitative estimate of drug-likeness (QED) is 0.841. The number of phenols is 1. The fourth-order valence-corrected chi connectivity index (χ4v) is 2.04. The third-order valence-electron chi connectivity index (χ3n) is 3.32. The Kier molecular flexibility index (Phi) is 4.93. The molecule has 2 aromatic rings. The highest BCUT2D eigenvalue weighted by atomic mass is 19.4. The van der Waals surface area contributed by atoms with Gasteiger partial charge in [0.25, 0.3) is 0 Å². The third-order valence-corrected chi connectivity index (χ3v) is 3.32. The second-order valence-electron chi connectivity index (χ2n) is 4.90. The van der Waals surface area contributed by atoms with Crippen molar-refractivity contribution in [2.75, 3.05) is 0 Å². The van der Waals surface area contributed by atoms with Gasteiger partial charge in [0.2, 0.25) is 0 Å². The van der Waals surface area contributed by atoms with Crippen molar-refractivity contribution in [2.45, 2.75) is 26.1 Å². The molecule has 0 aromatic heterocycles. The van der Waals surface area contributed by atoms with Gasteiger partial charge in [0.15, 0.2) is 0 Å². The first-order chi connectivity index (χ1) is 10.8. The van der Waals surface area contributed by atoms with Crippen molar-refractivity contribution in [1.82, 2.24) is 0 Å². The van der Waals surface area contributed by atoms with Gasteiger partial charge in [0.05, 0.1) is 5.56 Å². The highest BCUT2D eigenvalue weighted by molar-refractivity contribution is 5.72. The molecule has 0 aliphatic rings. The van der Waals surface area contributed by atoms with Crippen molar-refractivity contribution in [1.29, 1.82) is 0 Å². The smallest absolute Gasteiger partial charge is 0.416 e. The van der Waals surface area contributed by atoms with E-state index < -0.39 is 17.7 Å². The lowest BCUT2D eigenvalue weighted by molar-refractivity contribution is -0.144. The summed E-state index contributed by atoms with van der Waals surface area (Å²) in [5, 5.41) is 10.2. The van der Waals surface area contributed by atoms with Gasteiger partial charge in [-0.2, -0.15) is 13.2 Å². The number of carbonyl (C=O) groups excluding carboxylic acids is 1. The molecule has 0 atom stereocenters. The van der Waals surface area contributed by atoms with Crippen LogP contribution in [0.5, 0.6) is 5.75 Å². The average molecular weight is 324 g/mol. The molecule has 0 fully saturated rings. The van der Waals surface area contributed by atoms with Crippen LogP contribution in [0.2, 0.25) is 0 Å². The molecule has 122 valence electrons. The van der Waals surface area contributed by atoms with Crippen LogP contribution < -0.4 is 0 Å². The van der Waals surface area contributed by atoms with Crippen LogP contribution >= 0.6 is 0 Å². The summed E-state index contributed by atoms with van der Waals surface area (Å²) in [6.45, 7) is 1.56. The van der Waals surface area contributed by atoms with E-state index in [4.69, 9.17) is 4.74 Å². The topological polar surface area (TPSA) is 46.5 Å². The second-order valence-corrected chi connectivity index (χ2v) is 4.90.